The number of carboxylic acid groups (broad SMARTS) is 1. The van der Waals surface area contributed by atoms with Gasteiger partial charge in [-0.15, -0.1) is 0 Å². The third-order valence-electron chi connectivity index (χ3n) is 1.41. The molecule has 0 aliphatic heterocycles. The fourth-order valence-electron chi connectivity index (χ4n) is 0.869. The minimum atomic E-state index is -1.13. The summed E-state index contributed by atoms with van der Waals surface area (Å²) in [5, 5.41) is 12.1. The van der Waals surface area contributed by atoms with Crippen molar-refractivity contribution >= 4 is 17.6 Å². The van der Waals surface area contributed by atoms with Crippen molar-refractivity contribution in [3.8, 4) is 0 Å². The van der Waals surface area contributed by atoms with Crippen molar-refractivity contribution in [2.45, 2.75) is 13.5 Å². The highest BCUT2D eigenvalue weighted by atomic mass is 35.5. The number of nitrogens with zero attached hydrogens (tertiary/aromatic N) is 2. The second-order valence-electron chi connectivity index (χ2n) is 2.51. The first-order valence-electron chi connectivity index (χ1n) is 3.47. The Morgan fingerprint density at radius 2 is 2.38 bits per heavy atom. The monoisotopic (exact) mass is 202 g/mol. The van der Waals surface area contributed by atoms with Gasteiger partial charge in [0, 0.05) is 5.56 Å². The van der Waals surface area contributed by atoms with Gasteiger partial charge in [0.15, 0.2) is 0 Å². The Morgan fingerprint density at radius 1 is 1.77 bits per heavy atom. The zero-order valence-electron chi connectivity index (χ0n) is 6.82. The Morgan fingerprint density at radius 3 is 2.92 bits per heavy atom. The van der Waals surface area contributed by atoms with Gasteiger partial charge in [0.05, 0.1) is 0 Å². The maximum absolute atomic E-state index is 11.2. The van der Waals surface area contributed by atoms with E-state index in [0.717, 1.165) is 4.68 Å². The maximum Gasteiger partial charge on any atom is 0.325 e. The van der Waals surface area contributed by atoms with Crippen LogP contribution in [0.25, 0.3) is 0 Å². The number of hydrogen-bond acceptors (Lipinski definition) is 3. The van der Waals surface area contributed by atoms with Crippen molar-refractivity contribution in [1.82, 2.24) is 9.78 Å². The summed E-state index contributed by atoms with van der Waals surface area (Å²) in [6.45, 7) is 1.08. The average Bonchev–Trinajstić information content (AvgIpc) is 1.98. The van der Waals surface area contributed by atoms with E-state index in [-0.39, 0.29) is 5.15 Å². The lowest BCUT2D eigenvalue weighted by Crippen LogP contribution is -2.28. The van der Waals surface area contributed by atoms with Crippen LogP contribution >= 0.6 is 11.6 Å². The van der Waals surface area contributed by atoms with E-state index in [1.54, 1.807) is 6.92 Å². The summed E-state index contributed by atoms with van der Waals surface area (Å²) >= 11 is 5.54. The first kappa shape index (κ1) is 9.73. The van der Waals surface area contributed by atoms with Crippen molar-refractivity contribution in [3.63, 3.8) is 0 Å². The number of carbonyl (C=O) groups is 1. The zero-order chi connectivity index (χ0) is 10.0. The molecule has 0 fully saturated rings. The van der Waals surface area contributed by atoms with Crippen LogP contribution in [-0.4, -0.2) is 20.9 Å². The van der Waals surface area contributed by atoms with Crippen molar-refractivity contribution in [2.24, 2.45) is 0 Å². The molecule has 0 spiro atoms. The van der Waals surface area contributed by atoms with Crippen molar-refractivity contribution in [1.29, 1.82) is 0 Å². The van der Waals surface area contributed by atoms with Gasteiger partial charge in [0.25, 0.3) is 5.56 Å². The molecule has 1 aromatic rings. The molecular weight excluding hydrogens is 196 g/mol. The van der Waals surface area contributed by atoms with Crippen LogP contribution < -0.4 is 5.56 Å². The predicted molar refractivity (Wildman–Crippen MR) is 45.9 cm³/mol. The number of halogens is 1. The van der Waals surface area contributed by atoms with E-state index in [1.165, 1.54) is 6.07 Å². The second kappa shape index (κ2) is 3.57. The zero-order valence-corrected chi connectivity index (χ0v) is 7.58. The van der Waals surface area contributed by atoms with Gasteiger partial charge in [-0.2, -0.15) is 5.10 Å². The van der Waals surface area contributed by atoms with Crippen molar-refractivity contribution in [3.05, 3.63) is 27.1 Å². The summed E-state index contributed by atoms with van der Waals surface area (Å²) in [4.78, 5) is 21.5. The quantitative estimate of drug-likeness (QED) is 0.748. The summed E-state index contributed by atoms with van der Waals surface area (Å²) < 4.78 is 0.819. The molecule has 1 heterocycles. The standard InChI is InChI=1S/C7H7ClN2O3/c1-4-2-5(8)9-10(7(4)13)3-6(11)12/h2H,3H2,1H3,(H,11,12). The molecule has 0 aliphatic carbocycles. The molecule has 1 N–H and O–H groups in total. The van der Waals surface area contributed by atoms with Gasteiger partial charge in [-0.1, -0.05) is 11.6 Å². The molecule has 0 saturated heterocycles. The van der Waals surface area contributed by atoms with Crippen LogP contribution in [0.1, 0.15) is 5.56 Å². The Bertz CT molecular complexity index is 399. The molecule has 0 saturated carbocycles. The fourth-order valence-corrected chi connectivity index (χ4v) is 1.12. The minimum Gasteiger partial charge on any atom is -0.480 e. The highest BCUT2D eigenvalue weighted by Crippen LogP contribution is 2.01. The molecule has 1 aromatic heterocycles. The van der Waals surface area contributed by atoms with Gasteiger partial charge in [0.1, 0.15) is 11.7 Å². The van der Waals surface area contributed by atoms with E-state index in [9.17, 15) is 9.59 Å². The molecule has 0 bridgehead atoms. The summed E-state index contributed by atoms with van der Waals surface area (Å²) in [5.74, 6) is -1.13. The van der Waals surface area contributed by atoms with Gasteiger partial charge in [-0.25, -0.2) is 4.68 Å². The van der Waals surface area contributed by atoms with E-state index in [4.69, 9.17) is 16.7 Å². The van der Waals surface area contributed by atoms with Crippen LogP contribution in [0.4, 0.5) is 0 Å². The number of rotatable bonds is 2. The lowest BCUT2D eigenvalue weighted by molar-refractivity contribution is -0.138. The number of aliphatic carboxylic acids is 1. The topological polar surface area (TPSA) is 72.2 Å². The Balaban J connectivity index is 3.21. The molecule has 70 valence electrons. The fraction of sp³-hybridized carbons (Fsp3) is 0.286. The SMILES string of the molecule is Cc1cc(Cl)nn(CC(=O)O)c1=O. The van der Waals surface area contributed by atoms with E-state index in [2.05, 4.69) is 5.10 Å². The average molecular weight is 203 g/mol. The first-order chi connectivity index (χ1) is 6.00. The number of carboxylic acids is 1. The Labute approximate surface area is 78.6 Å². The second-order valence-corrected chi connectivity index (χ2v) is 2.89. The molecule has 0 radical (unpaired) electrons. The van der Waals surface area contributed by atoms with Crippen LogP contribution in [0.5, 0.6) is 0 Å². The molecule has 13 heavy (non-hydrogen) atoms. The van der Waals surface area contributed by atoms with E-state index in [1.807, 2.05) is 0 Å². The summed E-state index contributed by atoms with van der Waals surface area (Å²) in [5.41, 5.74) is -0.0620. The van der Waals surface area contributed by atoms with Crippen LogP contribution in [0.2, 0.25) is 5.15 Å². The smallest absolute Gasteiger partial charge is 0.325 e. The number of aromatic nitrogens is 2. The minimum absolute atomic E-state index is 0.110. The molecule has 0 aliphatic rings. The lowest BCUT2D eigenvalue weighted by Gasteiger charge is -2.01. The molecular formula is C7H7ClN2O3. The van der Waals surface area contributed by atoms with Crippen LogP contribution in [-0.2, 0) is 11.3 Å². The van der Waals surface area contributed by atoms with Crippen LogP contribution in [0.3, 0.4) is 0 Å². The Hall–Kier alpha value is -1.36. The molecule has 1 rings (SSSR count). The van der Waals surface area contributed by atoms with E-state index in [0.29, 0.717) is 5.56 Å². The highest BCUT2D eigenvalue weighted by Gasteiger charge is 2.06. The van der Waals surface area contributed by atoms with Crippen LogP contribution in [0, 0.1) is 6.92 Å². The normalized spacial score (nSPS) is 10.0. The Kier molecular flexibility index (Phi) is 2.67. The third kappa shape index (κ3) is 2.29. The molecule has 0 atom stereocenters. The van der Waals surface area contributed by atoms with Gasteiger partial charge in [-0.05, 0) is 13.0 Å². The largest absolute Gasteiger partial charge is 0.480 e. The summed E-state index contributed by atoms with van der Waals surface area (Å²) in [6, 6.07) is 1.39. The highest BCUT2D eigenvalue weighted by molar-refractivity contribution is 6.29. The summed E-state index contributed by atoms with van der Waals surface area (Å²) in [7, 11) is 0. The molecule has 6 heteroatoms. The van der Waals surface area contributed by atoms with Crippen molar-refractivity contribution in [2.75, 3.05) is 0 Å². The van der Waals surface area contributed by atoms with Gasteiger partial charge in [-0.3, -0.25) is 9.59 Å². The maximum atomic E-state index is 11.2. The van der Waals surface area contributed by atoms with Gasteiger partial charge >= 0.3 is 5.97 Å². The van der Waals surface area contributed by atoms with Gasteiger partial charge in [0.2, 0.25) is 0 Å². The number of aryl methyl sites for hydroxylation is 1. The number of hydrogen-bond donors (Lipinski definition) is 1. The lowest BCUT2D eigenvalue weighted by atomic mass is 10.3. The first-order valence-corrected chi connectivity index (χ1v) is 3.84. The molecule has 0 unspecified atom stereocenters. The molecule has 5 nitrogen and oxygen atoms in total. The molecule has 0 aromatic carbocycles. The third-order valence-corrected chi connectivity index (χ3v) is 1.59. The predicted octanol–water partition coefficient (Wildman–Crippen LogP) is 0.290. The van der Waals surface area contributed by atoms with E-state index < -0.39 is 18.1 Å². The molecule has 0 amide bonds. The van der Waals surface area contributed by atoms with Crippen LogP contribution in [0.15, 0.2) is 10.9 Å². The van der Waals surface area contributed by atoms with E-state index >= 15 is 0 Å². The van der Waals surface area contributed by atoms with Gasteiger partial charge < -0.3 is 5.11 Å². The van der Waals surface area contributed by atoms with Crippen molar-refractivity contribution < 1.29 is 9.90 Å². The summed E-state index contributed by atoms with van der Waals surface area (Å²) in [6.07, 6.45) is 0.